The third kappa shape index (κ3) is 3.07. The number of aromatic nitrogens is 2. The van der Waals surface area contributed by atoms with Crippen LogP contribution in [0.5, 0.6) is 0 Å². The number of hydrogen-bond acceptors (Lipinski definition) is 4. The molecule has 0 saturated carbocycles. The molecule has 0 atom stereocenters. The summed E-state index contributed by atoms with van der Waals surface area (Å²) in [5.41, 5.74) is 2.17. The molecule has 1 aromatic carbocycles. The quantitative estimate of drug-likeness (QED) is 0.708. The molecule has 5 nitrogen and oxygen atoms in total. The van der Waals surface area contributed by atoms with Crippen LogP contribution in [0.25, 0.3) is 11.0 Å². The van der Waals surface area contributed by atoms with Crippen molar-refractivity contribution in [3.63, 3.8) is 0 Å². The molecule has 0 saturated heterocycles. The largest absolute Gasteiger partial charge is 0.394 e. The number of aryl methyl sites for hydroxylation is 1. The number of aliphatic hydroxyl groups excluding tert-OH is 1. The molecule has 0 unspecified atom stereocenters. The summed E-state index contributed by atoms with van der Waals surface area (Å²) in [5, 5.41) is 11.8. The maximum atomic E-state index is 8.56. The Morgan fingerprint density at radius 3 is 2.94 bits per heavy atom. The highest BCUT2D eigenvalue weighted by Gasteiger charge is 2.05. The number of rotatable bonds is 7. The van der Waals surface area contributed by atoms with E-state index in [4.69, 9.17) is 9.84 Å². The lowest BCUT2D eigenvalue weighted by Gasteiger charge is -2.05. The average molecular weight is 249 g/mol. The van der Waals surface area contributed by atoms with Gasteiger partial charge in [0.25, 0.3) is 0 Å². The van der Waals surface area contributed by atoms with Gasteiger partial charge in [0.1, 0.15) is 5.82 Å². The number of imidazole rings is 1. The molecule has 0 amide bonds. The lowest BCUT2D eigenvalue weighted by molar-refractivity contribution is 0.0937. The van der Waals surface area contributed by atoms with Crippen molar-refractivity contribution in [2.75, 3.05) is 26.4 Å². The van der Waals surface area contributed by atoms with Crippen LogP contribution in [0, 0.1) is 0 Å². The van der Waals surface area contributed by atoms with E-state index in [0.29, 0.717) is 19.8 Å². The minimum absolute atomic E-state index is 0.0742. The predicted octanol–water partition coefficient (Wildman–Crippen LogP) is 0.672. The second-order valence-corrected chi connectivity index (χ2v) is 4.09. The fourth-order valence-corrected chi connectivity index (χ4v) is 1.86. The van der Waals surface area contributed by atoms with Crippen LogP contribution in [0.3, 0.4) is 0 Å². The lowest BCUT2D eigenvalue weighted by atomic mass is 10.3. The van der Waals surface area contributed by atoms with Gasteiger partial charge >= 0.3 is 0 Å². The molecule has 0 bridgehead atoms. The van der Waals surface area contributed by atoms with Crippen LogP contribution in [0.15, 0.2) is 24.3 Å². The standard InChI is InChI=1S/C13H19N3O2/c1-16-12-5-3-2-4-11(12)15-13(16)10-14-6-8-18-9-7-17/h2-5,14,17H,6-10H2,1H3. The number of nitrogens with one attached hydrogen (secondary N) is 1. The normalized spacial score (nSPS) is 11.2. The number of ether oxygens (including phenoxy) is 1. The van der Waals surface area contributed by atoms with Crippen LogP contribution in [-0.2, 0) is 18.3 Å². The first-order valence-corrected chi connectivity index (χ1v) is 6.12. The highest BCUT2D eigenvalue weighted by molar-refractivity contribution is 5.75. The average Bonchev–Trinajstić information content (AvgIpc) is 2.71. The Morgan fingerprint density at radius 2 is 2.17 bits per heavy atom. The molecule has 0 radical (unpaired) electrons. The molecule has 0 aliphatic heterocycles. The van der Waals surface area contributed by atoms with Crippen molar-refractivity contribution >= 4 is 11.0 Å². The van der Waals surface area contributed by atoms with Gasteiger partial charge in [0.05, 0.1) is 37.4 Å². The zero-order valence-electron chi connectivity index (χ0n) is 10.6. The molecule has 1 aromatic heterocycles. The molecule has 2 rings (SSSR count). The topological polar surface area (TPSA) is 59.3 Å². The zero-order chi connectivity index (χ0) is 12.8. The van der Waals surface area contributed by atoms with Crippen molar-refractivity contribution in [2.45, 2.75) is 6.54 Å². The number of nitrogens with zero attached hydrogens (tertiary/aromatic N) is 2. The molecule has 98 valence electrons. The predicted molar refractivity (Wildman–Crippen MR) is 70.3 cm³/mol. The smallest absolute Gasteiger partial charge is 0.123 e. The number of hydrogen-bond donors (Lipinski definition) is 2. The van der Waals surface area contributed by atoms with E-state index in [0.717, 1.165) is 23.4 Å². The van der Waals surface area contributed by atoms with E-state index in [2.05, 4.69) is 20.9 Å². The van der Waals surface area contributed by atoms with Crippen LogP contribution < -0.4 is 5.32 Å². The van der Waals surface area contributed by atoms with Crippen LogP contribution in [0.2, 0.25) is 0 Å². The number of benzene rings is 1. The van der Waals surface area contributed by atoms with Crippen LogP contribution >= 0.6 is 0 Å². The summed E-state index contributed by atoms with van der Waals surface area (Å²) >= 11 is 0. The third-order valence-electron chi connectivity index (χ3n) is 2.82. The van der Waals surface area contributed by atoms with Crippen molar-refractivity contribution < 1.29 is 9.84 Å². The third-order valence-corrected chi connectivity index (χ3v) is 2.82. The molecule has 2 N–H and O–H groups in total. The minimum atomic E-state index is 0.0742. The summed E-state index contributed by atoms with van der Waals surface area (Å²) in [6.45, 7) is 2.54. The zero-order valence-corrected chi connectivity index (χ0v) is 10.6. The fraction of sp³-hybridized carbons (Fsp3) is 0.462. The molecule has 0 fully saturated rings. The van der Waals surface area contributed by atoms with Crippen molar-refractivity contribution in [2.24, 2.45) is 7.05 Å². The maximum Gasteiger partial charge on any atom is 0.123 e. The molecular weight excluding hydrogens is 230 g/mol. The summed E-state index contributed by atoms with van der Waals surface area (Å²) in [5.74, 6) is 1.01. The van der Waals surface area contributed by atoms with Crippen LogP contribution in [-0.4, -0.2) is 41.0 Å². The van der Waals surface area contributed by atoms with Gasteiger partial charge in [-0.1, -0.05) is 12.1 Å². The van der Waals surface area contributed by atoms with Crippen LogP contribution in [0.1, 0.15) is 5.82 Å². The minimum Gasteiger partial charge on any atom is -0.394 e. The van der Waals surface area contributed by atoms with Gasteiger partial charge in [-0.25, -0.2) is 4.98 Å². The Balaban J connectivity index is 1.86. The Kier molecular flexibility index (Phi) is 4.69. The second kappa shape index (κ2) is 6.49. The Hall–Kier alpha value is -1.43. The molecule has 18 heavy (non-hydrogen) atoms. The first-order valence-electron chi connectivity index (χ1n) is 6.12. The molecular formula is C13H19N3O2. The Bertz CT molecular complexity index is 496. The highest BCUT2D eigenvalue weighted by Crippen LogP contribution is 2.13. The van der Waals surface area contributed by atoms with Crippen molar-refractivity contribution in [1.29, 1.82) is 0 Å². The van der Waals surface area contributed by atoms with E-state index in [9.17, 15) is 0 Å². The van der Waals surface area contributed by atoms with Crippen LogP contribution in [0.4, 0.5) is 0 Å². The van der Waals surface area contributed by atoms with Gasteiger partial charge in [-0.05, 0) is 12.1 Å². The van der Waals surface area contributed by atoms with Gasteiger partial charge in [0, 0.05) is 13.6 Å². The molecule has 2 aromatic rings. The molecule has 5 heteroatoms. The summed E-state index contributed by atoms with van der Waals surface area (Å²) < 4.78 is 7.26. The number of aliphatic hydroxyl groups is 1. The van der Waals surface area contributed by atoms with E-state index in [1.807, 2.05) is 25.2 Å². The first kappa shape index (κ1) is 13.0. The summed E-state index contributed by atoms with van der Waals surface area (Å²) in [7, 11) is 2.02. The van der Waals surface area contributed by atoms with E-state index in [-0.39, 0.29) is 6.61 Å². The van der Waals surface area contributed by atoms with E-state index >= 15 is 0 Å². The van der Waals surface area contributed by atoms with Crippen molar-refractivity contribution in [3.05, 3.63) is 30.1 Å². The summed E-state index contributed by atoms with van der Waals surface area (Å²) in [6, 6.07) is 8.10. The summed E-state index contributed by atoms with van der Waals surface area (Å²) in [4.78, 5) is 4.57. The molecule has 0 aliphatic rings. The van der Waals surface area contributed by atoms with Gasteiger partial charge in [-0.15, -0.1) is 0 Å². The Labute approximate surface area is 106 Å². The monoisotopic (exact) mass is 249 g/mol. The van der Waals surface area contributed by atoms with E-state index in [1.165, 1.54) is 0 Å². The number of para-hydroxylation sites is 2. The SMILES string of the molecule is Cn1c(CNCCOCCO)nc2ccccc21. The van der Waals surface area contributed by atoms with E-state index < -0.39 is 0 Å². The van der Waals surface area contributed by atoms with Gasteiger partial charge in [-0.2, -0.15) is 0 Å². The first-order chi connectivity index (χ1) is 8.83. The van der Waals surface area contributed by atoms with Gasteiger partial charge in [0.2, 0.25) is 0 Å². The van der Waals surface area contributed by atoms with Crippen molar-refractivity contribution in [3.8, 4) is 0 Å². The molecule has 0 aliphatic carbocycles. The highest BCUT2D eigenvalue weighted by atomic mass is 16.5. The molecule has 1 heterocycles. The van der Waals surface area contributed by atoms with E-state index in [1.54, 1.807) is 0 Å². The second-order valence-electron chi connectivity index (χ2n) is 4.09. The van der Waals surface area contributed by atoms with Gasteiger partial charge < -0.3 is 19.7 Å². The molecule has 0 spiro atoms. The van der Waals surface area contributed by atoms with Gasteiger partial charge in [-0.3, -0.25) is 0 Å². The summed E-state index contributed by atoms with van der Waals surface area (Å²) in [6.07, 6.45) is 0. The lowest BCUT2D eigenvalue weighted by Crippen LogP contribution is -2.21. The van der Waals surface area contributed by atoms with Gasteiger partial charge in [0.15, 0.2) is 0 Å². The van der Waals surface area contributed by atoms with Crippen molar-refractivity contribution in [1.82, 2.24) is 14.9 Å². The fourth-order valence-electron chi connectivity index (χ4n) is 1.86. The number of fused-ring (bicyclic) bond motifs is 1. The Morgan fingerprint density at radius 1 is 1.33 bits per heavy atom. The maximum absolute atomic E-state index is 8.56.